The molecule has 1 aromatic heterocycles. The molecule has 0 aliphatic carbocycles. The van der Waals surface area contributed by atoms with Crippen molar-refractivity contribution in [1.29, 1.82) is 0 Å². The molecule has 1 N–H and O–H groups in total. The molecule has 0 spiro atoms. The molecule has 2 aromatic rings. The van der Waals surface area contributed by atoms with Gasteiger partial charge in [0, 0.05) is 6.54 Å². The number of benzene rings is 1. The van der Waals surface area contributed by atoms with Crippen LogP contribution in [-0.4, -0.2) is 8.42 Å². The van der Waals surface area contributed by atoms with Gasteiger partial charge in [0.2, 0.25) is 10.0 Å². The molecule has 1 heterocycles. The molecule has 7 heteroatoms. The van der Waals surface area contributed by atoms with Gasteiger partial charge in [-0.1, -0.05) is 53.0 Å². The Kier molecular flexibility index (Phi) is 4.53. The quantitative estimate of drug-likeness (QED) is 0.922. The van der Waals surface area contributed by atoms with Crippen LogP contribution in [0.2, 0.25) is 8.67 Å². The summed E-state index contributed by atoms with van der Waals surface area (Å²) in [6.45, 7) is 2.19. The number of hydrogen-bond donors (Lipinski definition) is 1. The van der Waals surface area contributed by atoms with Crippen LogP contribution >= 0.6 is 34.5 Å². The first-order valence-electron chi connectivity index (χ1n) is 5.38. The molecule has 3 nitrogen and oxygen atoms in total. The molecule has 1 aromatic carbocycles. The van der Waals surface area contributed by atoms with Crippen LogP contribution in [-0.2, 0) is 16.6 Å². The topological polar surface area (TPSA) is 46.2 Å². The summed E-state index contributed by atoms with van der Waals surface area (Å²) in [4.78, 5) is 0.0243. The molecule has 0 amide bonds. The van der Waals surface area contributed by atoms with E-state index in [1.165, 1.54) is 6.07 Å². The fourth-order valence-electron chi connectivity index (χ4n) is 1.47. The summed E-state index contributed by atoms with van der Waals surface area (Å²) in [5, 5.41) is 0. The van der Waals surface area contributed by atoms with Crippen molar-refractivity contribution in [2.24, 2.45) is 0 Å². The highest BCUT2D eigenvalue weighted by Gasteiger charge is 2.20. The second-order valence-electron chi connectivity index (χ2n) is 4.00. The summed E-state index contributed by atoms with van der Waals surface area (Å²) in [5.41, 5.74) is 2.01. The maximum atomic E-state index is 12.1. The first kappa shape index (κ1) is 14.8. The molecule has 0 fully saturated rings. The van der Waals surface area contributed by atoms with Crippen molar-refractivity contribution < 1.29 is 8.42 Å². The van der Waals surface area contributed by atoms with E-state index in [9.17, 15) is 8.42 Å². The Morgan fingerprint density at radius 3 is 2.37 bits per heavy atom. The van der Waals surface area contributed by atoms with E-state index in [-0.39, 0.29) is 15.8 Å². The minimum atomic E-state index is -3.63. The maximum absolute atomic E-state index is 12.1. The second-order valence-corrected chi connectivity index (χ2v) is 8.02. The maximum Gasteiger partial charge on any atom is 0.243 e. The van der Waals surface area contributed by atoms with Crippen LogP contribution in [0.4, 0.5) is 0 Å². The van der Waals surface area contributed by atoms with Gasteiger partial charge in [-0.15, -0.1) is 11.3 Å². The van der Waals surface area contributed by atoms with Crippen LogP contribution in [0, 0.1) is 6.92 Å². The molecular weight excluding hydrogens is 325 g/mol. The number of halogens is 2. The van der Waals surface area contributed by atoms with Crippen LogP contribution in [0.15, 0.2) is 35.2 Å². The van der Waals surface area contributed by atoms with Gasteiger partial charge in [0.05, 0.1) is 4.34 Å². The van der Waals surface area contributed by atoms with Crippen LogP contribution in [0.3, 0.4) is 0 Å². The van der Waals surface area contributed by atoms with E-state index in [1.807, 2.05) is 31.2 Å². The number of thiophene rings is 1. The van der Waals surface area contributed by atoms with E-state index in [4.69, 9.17) is 23.2 Å². The summed E-state index contributed by atoms with van der Waals surface area (Å²) in [6.07, 6.45) is 0. The number of aryl methyl sites for hydroxylation is 1. The van der Waals surface area contributed by atoms with Gasteiger partial charge in [0.15, 0.2) is 0 Å². The lowest BCUT2D eigenvalue weighted by Gasteiger charge is -2.06. The lowest BCUT2D eigenvalue weighted by atomic mass is 10.2. The number of nitrogens with one attached hydrogen (secondary N) is 1. The van der Waals surface area contributed by atoms with Crippen molar-refractivity contribution in [3.05, 3.63) is 50.1 Å². The summed E-state index contributed by atoms with van der Waals surface area (Å²) < 4.78 is 27.1. The Morgan fingerprint density at radius 1 is 1.21 bits per heavy atom. The number of sulfonamides is 1. The van der Waals surface area contributed by atoms with Crippen molar-refractivity contribution in [1.82, 2.24) is 4.72 Å². The molecule has 0 aliphatic heterocycles. The molecule has 0 unspecified atom stereocenters. The highest BCUT2D eigenvalue weighted by atomic mass is 35.5. The third kappa shape index (κ3) is 3.70. The molecule has 102 valence electrons. The summed E-state index contributed by atoms with van der Waals surface area (Å²) in [5.74, 6) is 0. The summed E-state index contributed by atoms with van der Waals surface area (Å²) in [6, 6.07) is 8.96. The van der Waals surface area contributed by atoms with Gasteiger partial charge in [-0.2, -0.15) is 0 Å². The Hall–Kier alpha value is -0.590. The average Bonchev–Trinajstić information content (AvgIpc) is 2.69. The zero-order valence-electron chi connectivity index (χ0n) is 9.98. The van der Waals surface area contributed by atoms with Gasteiger partial charge in [-0.25, -0.2) is 13.1 Å². The Bertz CT molecular complexity index is 678. The van der Waals surface area contributed by atoms with E-state index in [1.54, 1.807) is 0 Å². The highest BCUT2D eigenvalue weighted by molar-refractivity contribution is 7.89. The smallest absolute Gasteiger partial charge is 0.207 e. The van der Waals surface area contributed by atoms with Gasteiger partial charge < -0.3 is 0 Å². The fourth-order valence-corrected chi connectivity index (χ4v) is 4.64. The average molecular weight is 336 g/mol. The van der Waals surface area contributed by atoms with Gasteiger partial charge in [-0.3, -0.25) is 0 Å². The molecule has 0 bridgehead atoms. The van der Waals surface area contributed by atoms with Gasteiger partial charge >= 0.3 is 0 Å². The van der Waals surface area contributed by atoms with Crippen molar-refractivity contribution in [3.8, 4) is 0 Å². The summed E-state index contributed by atoms with van der Waals surface area (Å²) in [7, 11) is -3.63. The molecule has 2 rings (SSSR count). The van der Waals surface area contributed by atoms with E-state index in [0.717, 1.165) is 22.5 Å². The highest BCUT2D eigenvalue weighted by Crippen LogP contribution is 2.34. The molecule has 0 saturated carbocycles. The van der Waals surface area contributed by atoms with Gasteiger partial charge in [0.25, 0.3) is 0 Å². The second kappa shape index (κ2) is 5.81. The van der Waals surface area contributed by atoms with E-state index in [0.29, 0.717) is 4.34 Å². The first-order valence-corrected chi connectivity index (χ1v) is 8.44. The van der Waals surface area contributed by atoms with Crippen molar-refractivity contribution in [2.75, 3.05) is 0 Å². The van der Waals surface area contributed by atoms with Gasteiger partial charge in [-0.05, 0) is 18.6 Å². The Balaban J connectivity index is 2.14. The van der Waals surface area contributed by atoms with Crippen LogP contribution < -0.4 is 4.72 Å². The minimum absolute atomic E-state index is 0.0243. The molecular formula is C12H11Cl2NO2S2. The monoisotopic (exact) mass is 335 g/mol. The molecule has 0 saturated heterocycles. The number of hydrogen-bond acceptors (Lipinski definition) is 3. The fraction of sp³-hybridized carbons (Fsp3) is 0.167. The Morgan fingerprint density at radius 2 is 1.84 bits per heavy atom. The van der Waals surface area contributed by atoms with E-state index >= 15 is 0 Å². The minimum Gasteiger partial charge on any atom is -0.207 e. The van der Waals surface area contributed by atoms with Crippen LogP contribution in [0.1, 0.15) is 11.1 Å². The SMILES string of the molecule is Cc1ccc(CNS(=O)(=O)c2cc(Cl)sc2Cl)cc1. The third-order valence-electron chi connectivity index (χ3n) is 2.50. The molecule has 0 aliphatic rings. The third-order valence-corrected chi connectivity index (χ3v) is 5.66. The Labute approximate surface area is 126 Å². The lowest BCUT2D eigenvalue weighted by molar-refractivity contribution is 0.582. The predicted octanol–water partition coefficient (Wildman–Crippen LogP) is 3.84. The molecule has 19 heavy (non-hydrogen) atoms. The van der Waals surface area contributed by atoms with Crippen LogP contribution in [0.5, 0.6) is 0 Å². The normalized spacial score (nSPS) is 11.7. The zero-order valence-corrected chi connectivity index (χ0v) is 13.1. The summed E-state index contributed by atoms with van der Waals surface area (Å²) >= 11 is 12.6. The number of rotatable bonds is 4. The van der Waals surface area contributed by atoms with E-state index in [2.05, 4.69) is 4.72 Å². The molecule has 0 atom stereocenters. The largest absolute Gasteiger partial charge is 0.243 e. The van der Waals surface area contributed by atoms with Crippen molar-refractivity contribution in [3.63, 3.8) is 0 Å². The van der Waals surface area contributed by atoms with Crippen LogP contribution in [0.25, 0.3) is 0 Å². The van der Waals surface area contributed by atoms with E-state index < -0.39 is 10.0 Å². The standard InChI is InChI=1S/C12H11Cl2NO2S2/c1-8-2-4-9(5-3-8)7-15-19(16,17)10-6-11(13)18-12(10)14/h2-6,15H,7H2,1H3. The van der Waals surface area contributed by atoms with Gasteiger partial charge in [0.1, 0.15) is 9.23 Å². The van der Waals surface area contributed by atoms with Crippen molar-refractivity contribution in [2.45, 2.75) is 18.4 Å². The molecule has 0 radical (unpaired) electrons. The zero-order chi connectivity index (χ0) is 14.0. The lowest BCUT2D eigenvalue weighted by Crippen LogP contribution is -2.23. The van der Waals surface area contributed by atoms with Crippen molar-refractivity contribution >= 4 is 44.6 Å². The first-order chi connectivity index (χ1) is 8.88. The predicted molar refractivity (Wildman–Crippen MR) is 79.5 cm³/mol.